The van der Waals surface area contributed by atoms with Gasteiger partial charge in [0.15, 0.2) is 0 Å². The zero-order valence-corrected chi connectivity index (χ0v) is 24.0. The first-order valence-corrected chi connectivity index (χ1v) is 13.9. The minimum atomic E-state index is -1.20. The van der Waals surface area contributed by atoms with E-state index in [1.165, 1.54) is 9.80 Å². The monoisotopic (exact) mass is 577 g/mol. The van der Waals surface area contributed by atoms with Gasteiger partial charge in [0.1, 0.15) is 19.7 Å². The van der Waals surface area contributed by atoms with Gasteiger partial charge in [0, 0.05) is 13.1 Å². The number of carboxylic acids is 1. The average Bonchev–Trinajstić information content (AvgIpc) is 2.96. The zero-order chi connectivity index (χ0) is 30.5. The summed E-state index contributed by atoms with van der Waals surface area (Å²) in [7, 11) is 0. The number of hydrogen-bond acceptors (Lipinski definition) is 7. The molecule has 0 heterocycles. The van der Waals surface area contributed by atoms with Crippen LogP contribution < -0.4 is 16.0 Å². The Labute approximate surface area is 241 Å². The molecule has 0 atom stereocenters. The Kier molecular flexibility index (Phi) is 17.6. The van der Waals surface area contributed by atoms with E-state index in [4.69, 9.17) is 9.84 Å². The minimum Gasteiger partial charge on any atom is -0.480 e. The van der Waals surface area contributed by atoms with Crippen LogP contribution in [0.4, 0.5) is 4.79 Å². The van der Waals surface area contributed by atoms with Gasteiger partial charge in [0.2, 0.25) is 23.6 Å². The summed E-state index contributed by atoms with van der Waals surface area (Å²) < 4.78 is 5.11. The van der Waals surface area contributed by atoms with Gasteiger partial charge in [-0.05, 0) is 18.4 Å². The lowest BCUT2D eigenvalue weighted by atomic mass is 10.2. The third-order valence-corrected chi connectivity index (χ3v) is 5.91. The van der Waals surface area contributed by atoms with Crippen molar-refractivity contribution >= 4 is 35.7 Å². The number of carboxylic acid groups (broad SMARTS) is 1. The lowest BCUT2D eigenvalue weighted by molar-refractivity contribution is -0.139. The molecule has 4 N–H and O–H groups in total. The van der Waals surface area contributed by atoms with Crippen LogP contribution in [0, 0.1) is 0 Å². The molecule has 41 heavy (non-hydrogen) atoms. The highest BCUT2D eigenvalue weighted by molar-refractivity contribution is 5.91. The molecule has 0 fully saturated rings. The predicted octanol–water partition coefficient (Wildman–Crippen LogP) is 1.27. The maximum absolute atomic E-state index is 12.8. The number of nitrogens with zero attached hydrogens (tertiary/aromatic N) is 2. The van der Waals surface area contributed by atoms with Crippen LogP contribution in [-0.2, 0) is 35.3 Å². The number of nitrogens with one attached hydrogen (secondary N) is 3. The molecule has 5 amide bonds. The number of carbonyl (C=O) groups excluding carboxylic acids is 5. The van der Waals surface area contributed by atoms with Crippen LogP contribution in [0.5, 0.6) is 0 Å². The van der Waals surface area contributed by atoms with Gasteiger partial charge < -0.3 is 35.6 Å². The lowest BCUT2D eigenvalue weighted by Gasteiger charge is -2.24. The second-order valence-electron chi connectivity index (χ2n) is 9.41. The van der Waals surface area contributed by atoms with Crippen LogP contribution in [0.3, 0.4) is 0 Å². The zero-order valence-electron chi connectivity index (χ0n) is 24.0. The molecule has 0 aromatic heterocycles. The van der Waals surface area contributed by atoms with Crippen molar-refractivity contribution < 1.29 is 38.6 Å². The highest BCUT2D eigenvalue weighted by atomic mass is 16.5. The fraction of sp³-hybridized carbons (Fsp3) is 0.571. The van der Waals surface area contributed by atoms with Crippen LogP contribution in [0.1, 0.15) is 57.9 Å². The normalized spacial score (nSPS) is 10.3. The number of rotatable bonds is 20. The Hall–Kier alpha value is -4.16. The van der Waals surface area contributed by atoms with Gasteiger partial charge in [-0.2, -0.15) is 0 Å². The molecule has 0 aliphatic rings. The van der Waals surface area contributed by atoms with Crippen molar-refractivity contribution in [2.24, 2.45) is 0 Å². The van der Waals surface area contributed by atoms with E-state index in [1.807, 2.05) is 32.0 Å². The van der Waals surface area contributed by atoms with E-state index >= 15 is 0 Å². The summed E-state index contributed by atoms with van der Waals surface area (Å²) in [6, 6.07) is 9.08. The number of amides is 5. The van der Waals surface area contributed by atoms with Crippen molar-refractivity contribution in [2.45, 2.75) is 59.0 Å². The van der Waals surface area contributed by atoms with Crippen molar-refractivity contribution in [2.75, 3.05) is 45.8 Å². The van der Waals surface area contributed by atoms with Crippen molar-refractivity contribution in [3.8, 4) is 0 Å². The quantitative estimate of drug-likeness (QED) is 0.168. The van der Waals surface area contributed by atoms with Crippen molar-refractivity contribution in [1.82, 2.24) is 25.8 Å². The molecule has 0 saturated heterocycles. The van der Waals surface area contributed by atoms with Crippen molar-refractivity contribution in [3.05, 3.63) is 35.9 Å². The van der Waals surface area contributed by atoms with E-state index in [1.54, 1.807) is 12.1 Å². The lowest BCUT2D eigenvalue weighted by Crippen LogP contribution is -2.49. The molecule has 0 aliphatic heterocycles. The molecule has 1 aromatic rings. The fourth-order valence-electron chi connectivity index (χ4n) is 3.64. The molecule has 0 aliphatic carbocycles. The number of benzene rings is 1. The van der Waals surface area contributed by atoms with E-state index in [9.17, 15) is 28.8 Å². The van der Waals surface area contributed by atoms with Gasteiger partial charge in [-0.25, -0.2) is 4.79 Å². The van der Waals surface area contributed by atoms with Crippen LogP contribution in [0.2, 0.25) is 0 Å². The van der Waals surface area contributed by atoms with Crippen LogP contribution >= 0.6 is 0 Å². The van der Waals surface area contributed by atoms with Gasteiger partial charge in [0.05, 0.1) is 19.6 Å². The average molecular weight is 578 g/mol. The van der Waals surface area contributed by atoms with E-state index in [-0.39, 0.29) is 32.8 Å². The third-order valence-electron chi connectivity index (χ3n) is 5.91. The summed E-state index contributed by atoms with van der Waals surface area (Å²) in [6.45, 7) is 2.65. The first-order valence-electron chi connectivity index (χ1n) is 13.9. The highest BCUT2D eigenvalue weighted by Gasteiger charge is 2.21. The maximum Gasteiger partial charge on any atom is 0.407 e. The number of alkyl carbamates (subject to hydrolysis) is 1. The molecular formula is C28H43N5O8. The van der Waals surface area contributed by atoms with Gasteiger partial charge in [-0.15, -0.1) is 0 Å². The molecule has 1 rings (SSSR count). The van der Waals surface area contributed by atoms with Gasteiger partial charge in [-0.3, -0.25) is 24.0 Å². The summed E-state index contributed by atoms with van der Waals surface area (Å²) in [5.74, 6) is -3.38. The van der Waals surface area contributed by atoms with E-state index in [0.29, 0.717) is 19.4 Å². The smallest absolute Gasteiger partial charge is 0.407 e. The van der Waals surface area contributed by atoms with Crippen LogP contribution in [0.25, 0.3) is 0 Å². The molecule has 0 radical (unpaired) electrons. The minimum absolute atomic E-state index is 0.0498. The Bertz CT molecular complexity index is 989. The molecule has 0 saturated carbocycles. The summed E-state index contributed by atoms with van der Waals surface area (Å²) >= 11 is 0. The molecule has 0 spiro atoms. The fourth-order valence-corrected chi connectivity index (χ4v) is 3.64. The number of carbonyl (C=O) groups is 6. The molecule has 0 bridgehead atoms. The van der Waals surface area contributed by atoms with Gasteiger partial charge in [-0.1, -0.05) is 69.9 Å². The number of hydrogen-bond donors (Lipinski definition) is 4. The summed E-state index contributed by atoms with van der Waals surface area (Å²) in [4.78, 5) is 75.6. The van der Waals surface area contributed by atoms with E-state index in [2.05, 4.69) is 16.0 Å². The van der Waals surface area contributed by atoms with E-state index < -0.39 is 48.8 Å². The second-order valence-corrected chi connectivity index (χ2v) is 9.41. The van der Waals surface area contributed by atoms with Gasteiger partial charge >= 0.3 is 12.1 Å². The second kappa shape index (κ2) is 20.7. The summed E-state index contributed by atoms with van der Waals surface area (Å²) in [5, 5.41) is 15.8. The Balaban J connectivity index is 2.63. The number of ether oxygens (including phenoxy) is 1. The molecule has 1 aromatic carbocycles. The summed E-state index contributed by atoms with van der Waals surface area (Å²) in [5.41, 5.74) is 0.797. The highest BCUT2D eigenvalue weighted by Crippen LogP contribution is 2.02. The van der Waals surface area contributed by atoms with Crippen molar-refractivity contribution in [1.29, 1.82) is 0 Å². The maximum atomic E-state index is 12.8. The molecule has 228 valence electrons. The standard InChI is InChI=1S/C28H43N5O8/c1-3-5-10-14-32(20-24(35)30-18-27(38)39)25(36)16-29-23(34)19-33(15-11-6-4-2)26(37)17-31-28(40)41-21-22-12-8-7-9-13-22/h7-9,12-13H,3-6,10-11,14-21H2,1-2H3,(H,29,34)(H,30,35)(H,31,40)(H,38,39). The van der Waals surface area contributed by atoms with Crippen LogP contribution in [0.15, 0.2) is 30.3 Å². The number of unbranched alkanes of at least 4 members (excludes halogenated alkanes) is 4. The number of aliphatic carboxylic acids is 1. The Morgan fingerprint density at radius 2 is 1.20 bits per heavy atom. The molecular weight excluding hydrogens is 534 g/mol. The van der Waals surface area contributed by atoms with Crippen LogP contribution in [-0.4, -0.2) is 96.4 Å². The SMILES string of the molecule is CCCCCN(CC(=O)NCC(=O)O)C(=O)CNC(=O)CN(CCCCC)C(=O)CNC(=O)OCc1ccccc1. The largest absolute Gasteiger partial charge is 0.480 e. The predicted molar refractivity (Wildman–Crippen MR) is 150 cm³/mol. The van der Waals surface area contributed by atoms with E-state index in [0.717, 1.165) is 31.2 Å². The third kappa shape index (κ3) is 16.5. The Morgan fingerprint density at radius 3 is 1.68 bits per heavy atom. The first-order chi connectivity index (χ1) is 19.7. The van der Waals surface area contributed by atoms with Crippen molar-refractivity contribution in [3.63, 3.8) is 0 Å². The summed E-state index contributed by atoms with van der Waals surface area (Å²) in [6.07, 6.45) is 4.00. The Morgan fingerprint density at radius 1 is 0.707 bits per heavy atom. The first kappa shape index (κ1) is 34.9. The topological polar surface area (TPSA) is 174 Å². The van der Waals surface area contributed by atoms with Gasteiger partial charge in [0.25, 0.3) is 0 Å². The molecule has 0 unspecified atom stereocenters. The molecule has 13 nitrogen and oxygen atoms in total. The molecule has 13 heteroatoms.